The Hall–Kier alpha value is -4.07. The third-order valence-electron chi connectivity index (χ3n) is 6.05. The molecule has 6 rings (SSSR count). The first-order valence-corrected chi connectivity index (χ1v) is 12.2. The van der Waals surface area contributed by atoms with E-state index in [4.69, 9.17) is 26.1 Å². The lowest BCUT2D eigenvalue weighted by Gasteiger charge is -2.28. The number of fused-ring (bicyclic) bond motifs is 1. The van der Waals surface area contributed by atoms with Gasteiger partial charge in [-0.05, 0) is 54.6 Å². The molecule has 0 atom stereocenters. The minimum Gasteiger partial charge on any atom is -0.426 e. The summed E-state index contributed by atoms with van der Waals surface area (Å²) in [5.41, 5.74) is 6.04. The molecule has 1 aliphatic rings. The van der Waals surface area contributed by atoms with E-state index in [2.05, 4.69) is 32.3 Å². The molecule has 1 aliphatic heterocycles. The molecule has 1 fully saturated rings. The summed E-state index contributed by atoms with van der Waals surface area (Å²) in [5.74, 6) is 0.665. The normalized spacial score (nSPS) is 13.6. The molecule has 2 aromatic heterocycles. The summed E-state index contributed by atoms with van der Waals surface area (Å²) in [6, 6.07) is 28.2. The molecule has 0 amide bonds. The van der Waals surface area contributed by atoms with Gasteiger partial charge < -0.3 is 24.7 Å². The van der Waals surface area contributed by atoms with Crippen LogP contribution in [-0.2, 0) is 4.74 Å². The topological polar surface area (TPSA) is 75.3 Å². The molecule has 36 heavy (non-hydrogen) atoms. The lowest BCUT2D eigenvalue weighted by atomic mass is 10.1. The van der Waals surface area contributed by atoms with Gasteiger partial charge in [-0.25, -0.2) is 4.98 Å². The molecule has 5 aromatic rings. The number of aromatic nitrogens is 3. The van der Waals surface area contributed by atoms with E-state index in [1.165, 1.54) is 5.69 Å². The Morgan fingerprint density at radius 1 is 0.861 bits per heavy atom. The van der Waals surface area contributed by atoms with Crippen molar-refractivity contribution < 1.29 is 9.47 Å². The van der Waals surface area contributed by atoms with E-state index in [0.29, 0.717) is 33.6 Å². The second-order valence-electron chi connectivity index (χ2n) is 8.50. The van der Waals surface area contributed by atoms with Crippen LogP contribution in [0.3, 0.4) is 0 Å². The van der Waals surface area contributed by atoms with Crippen LogP contribution >= 0.6 is 11.6 Å². The zero-order valence-corrected chi connectivity index (χ0v) is 20.2. The van der Waals surface area contributed by atoms with Crippen LogP contribution < -0.4 is 15.0 Å². The maximum absolute atomic E-state index is 6.59. The number of nitrogens with one attached hydrogen (secondary N) is 2. The number of rotatable bonds is 6. The van der Waals surface area contributed by atoms with Crippen molar-refractivity contribution in [1.29, 1.82) is 0 Å². The zero-order chi connectivity index (χ0) is 24.3. The van der Waals surface area contributed by atoms with Gasteiger partial charge >= 0.3 is 6.01 Å². The number of anilines is 3. The fourth-order valence-corrected chi connectivity index (χ4v) is 4.46. The summed E-state index contributed by atoms with van der Waals surface area (Å²) in [6.45, 7) is 3.30. The maximum Gasteiger partial charge on any atom is 0.301 e. The highest BCUT2D eigenvalue weighted by atomic mass is 35.5. The van der Waals surface area contributed by atoms with Gasteiger partial charge in [-0.15, -0.1) is 0 Å². The minimum absolute atomic E-state index is 0.358. The summed E-state index contributed by atoms with van der Waals surface area (Å²) in [6.07, 6.45) is 0. The van der Waals surface area contributed by atoms with Crippen molar-refractivity contribution in [3.63, 3.8) is 0 Å². The van der Waals surface area contributed by atoms with E-state index in [-0.39, 0.29) is 0 Å². The summed E-state index contributed by atoms with van der Waals surface area (Å²) in [7, 11) is 0. The smallest absolute Gasteiger partial charge is 0.301 e. The Labute approximate surface area is 213 Å². The molecule has 0 spiro atoms. The van der Waals surface area contributed by atoms with E-state index in [9.17, 15) is 0 Å². The van der Waals surface area contributed by atoms with Crippen molar-refractivity contribution in [2.45, 2.75) is 0 Å². The lowest BCUT2D eigenvalue weighted by Crippen LogP contribution is -2.36. The minimum atomic E-state index is 0.358. The predicted molar refractivity (Wildman–Crippen MR) is 144 cm³/mol. The van der Waals surface area contributed by atoms with Gasteiger partial charge in [0.1, 0.15) is 5.75 Å². The SMILES string of the molecule is Clc1cc2[nH]c(Oc3ccc(Nc4ccccc4)cc3)nc2nc1-c1ccc(N2CCOCC2)cc1. The Morgan fingerprint density at radius 3 is 2.33 bits per heavy atom. The maximum atomic E-state index is 6.59. The quantitative estimate of drug-likeness (QED) is 0.273. The van der Waals surface area contributed by atoms with Crippen molar-refractivity contribution in [2.24, 2.45) is 0 Å². The summed E-state index contributed by atoms with van der Waals surface area (Å²) >= 11 is 6.59. The number of pyridine rings is 1. The number of hydrogen-bond donors (Lipinski definition) is 2. The van der Waals surface area contributed by atoms with E-state index < -0.39 is 0 Å². The Morgan fingerprint density at radius 2 is 1.58 bits per heavy atom. The van der Waals surface area contributed by atoms with Crippen LogP contribution in [0, 0.1) is 0 Å². The van der Waals surface area contributed by atoms with Crippen LogP contribution in [0.4, 0.5) is 17.1 Å². The number of para-hydroxylation sites is 1. The van der Waals surface area contributed by atoms with Crippen molar-refractivity contribution >= 4 is 39.8 Å². The van der Waals surface area contributed by atoms with Crippen LogP contribution in [0.25, 0.3) is 22.4 Å². The highest BCUT2D eigenvalue weighted by Crippen LogP contribution is 2.32. The molecule has 0 saturated carbocycles. The number of nitrogens with zero attached hydrogens (tertiary/aromatic N) is 3. The first-order valence-electron chi connectivity index (χ1n) is 11.8. The van der Waals surface area contributed by atoms with Crippen molar-refractivity contribution in [3.05, 3.63) is 90.0 Å². The third kappa shape index (κ3) is 4.84. The second kappa shape index (κ2) is 9.89. The molecule has 1 saturated heterocycles. The number of benzene rings is 3. The molecule has 2 N–H and O–H groups in total. The van der Waals surface area contributed by atoms with E-state index in [1.54, 1.807) is 0 Å². The monoisotopic (exact) mass is 497 g/mol. The number of H-pyrrole nitrogens is 1. The molecule has 3 aromatic carbocycles. The summed E-state index contributed by atoms with van der Waals surface area (Å²) < 4.78 is 11.4. The Balaban J connectivity index is 1.18. The van der Waals surface area contributed by atoms with Gasteiger partial charge in [0.25, 0.3) is 0 Å². The van der Waals surface area contributed by atoms with Gasteiger partial charge in [-0.1, -0.05) is 41.9 Å². The average Bonchev–Trinajstić information content (AvgIpc) is 3.31. The fraction of sp³-hybridized carbons (Fsp3) is 0.143. The first kappa shape index (κ1) is 22.4. The summed E-state index contributed by atoms with van der Waals surface area (Å²) in [5, 5.41) is 3.90. The van der Waals surface area contributed by atoms with E-state index in [0.717, 1.165) is 43.2 Å². The summed E-state index contributed by atoms with van der Waals surface area (Å²) in [4.78, 5) is 14.7. The third-order valence-corrected chi connectivity index (χ3v) is 6.34. The lowest BCUT2D eigenvalue weighted by molar-refractivity contribution is 0.122. The number of aromatic amines is 1. The van der Waals surface area contributed by atoms with Crippen LogP contribution in [0.5, 0.6) is 11.8 Å². The predicted octanol–water partition coefficient (Wildman–Crippen LogP) is 6.65. The van der Waals surface area contributed by atoms with E-state index in [1.807, 2.05) is 72.8 Å². The van der Waals surface area contributed by atoms with Gasteiger partial charge in [0, 0.05) is 35.7 Å². The molecular weight excluding hydrogens is 474 g/mol. The number of halogens is 1. The molecule has 180 valence electrons. The average molecular weight is 498 g/mol. The van der Waals surface area contributed by atoms with Crippen LogP contribution in [0.1, 0.15) is 0 Å². The zero-order valence-electron chi connectivity index (χ0n) is 19.4. The van der Waals surface area contributed by atoms with Gasteiger partial charge in [-0.3, -0.25) is 0 Å². The van der Waals surface area contributed by atoms with Crippen molar-refractivity contribution in [2.75, 3.05) is 36.5 Å². The first-order chi connectivity index (χ1) is 17.7. The van der Waals surface area contributed by atoms with Crippen LogP contribution in [-0.4, -0.2) is 41.3 Å². The molecule has 0 radical (unpaired) electrons. The number of hydrogen-bond acceptors (Lipinski definition) is 6. The molecule has 8 heteroatoms. The van der Waals surface area contributed by atoms with Gasteiger partial charge in [0.05, 0.1) is 29.4 Å². The molecule has 3 heterocycles. The number of morpholine rings is 1. The Kier molecular flexibility index (Phi) is 6.15. The van der Waals surface area contributed by atoms with Gasteiger partial charge in [-0.2, -0.15) is 4.98 Å². The van der Waals surface area contributed by atoms with E-state index >= 15 is 0 Å². The molecule has 0 aliphatic carbocycles. The van der Waals surface area contributed by atoms with Crippen molar-refractivity contribution in [3.8, 4) is 23.0 Å². The molecular formula is C28H24ClN5O2. The molecule has 0 unspecified atom stereocenters. The highest BCUT2D eigenvalue weighted by Gasteiger charge is 2.15. The van der Waals surface area contributed by atoms with Crippen LogP contribution in [0.15, 0.2) is 84.9 Å². The number of imidazole rings is 1. The number of ether oxygens (including phenoxy) is 2. The largest absolute Gasteiger partial charge is 0.426 e. The van der Waals surface area contributed by atoms with Crippen LogP contribution in [0.2, 0.25) is 5.02 Å². The van der Waals surface area contributed by atoms with Crippen molar-refractivity contribution in [1.82, 2.24) is 15.0 Å². The van der Waals surface area contributed by atoms with Gasteiger partial charge in [0.2, 0.25) is 0 Å². The van der Waals surface area contributed by atoms with Gasteiger partial charge in [0.15, 0.2) is 5.65 Å². The highest BCUT2D eigenvalue weighted by molar-refractivity contribution is 6.33. The Bertz CT molecular complexity index is 1460. The fourth-order valence-electron chi connectivity index (χ4n) is 4.20. The standard InChI is InChI=1S/C28H24ClN5O2/c29-24-18-25-27(32-26(24)19-6-10-22(11-7-19)34-14-16-35-17-15-34)33-28(31-25)36-23-12-8-21(9-13-23)30-20-4-2-1-3-5-20/h1-13,18,30H,14-17H2,(H,31,32,33). The molecule has 7 nitrogen and oxygen atoms in total. The second-order valence-corrected chi connectivity index (χ2v) is 8.90. The molecule has 0 bridgehead atoms.